The third kappa shape index (κ3) is 4.00. The number of pyridine rings is 1. The standard InChI is InChI=1S/C19H23N3O3S2/c23-27(24,22-9-11-25-12-10-22)18-5-6-19(26)21(14-18)15-20-8-7-16-3-1-2-4-17(16)13-20/h1-6,14H,7-13,15H2/p+1. The minimum Gasteiger partial charge on any atom is -0.379 e. The van der Waals surface area contributed by atoms with Gasteiger partial charge in [-0.25, -0.2) is 8.42 Å². The van der Waals surface area contributed by atoms with Gasteiger partial charge in [0, 0.05) is 31.3 Å². The van der Waals surface area contributed by atoms with Gasteiger partial charge in [0.05, 0.1) is 24.7 Å². The predicted molar refractivity (Wildman–Crippen MR) is 105 cm³/mol. The zero-order chi connectivity index (χ0) is 18.9. The molecule has 0 spiro atoms. The van der Waals surface area contributed by atoms with Gasteiger partial charge in [-0.3, -0.25) is 4.57 Å². The van der Waals surface area contributed by atoms with Crippen LogP contribution in [0.3, 0.4) is 0 Å². The zero-order valence-corrected chi connectivity index (χ0v) is 16.8. The van der Waals surface area contributed by atoms with E-state index in [9.17, 15) is 8.42 Å². The maximum Gasteiger partial charge on any atom is 0.244 e. The molecule has 0 aliphatic carbocycles. The first kappa shape index (κ1) is 18.8. The summed E-state index contributed by atoms with van der Waals surface area (Å²) in [5.41, 5.74) is 2.77. The lowest BCUT2D eigenvalue weighted by Gasteiger charge is -2.28. The molecular weight excluding hydrogens is 382 g/mol. The Morgan fingerprint density at radius 3 is 2.59 bits per heavy atom. The summed E-state index contributed by atoms with van der Waals surface area (Å²) in [7, 11) is -3.51. The molecule has 0 amide bonds. The van der Waals surface area contributed by atoms with E-state index in [0.717, 1.165) is 19.5 Å². The molecule has 0 saturated carbocycles. The fourth-order valence-electron chi connectivity index (χ4n) is 3.74. The number of ether oxygens (including phenoxy) is 1. The van der Waals surface area contributed by atoms with E-state index >= 15 is 0 Å². The molecule has 1 aromatic carbocycles. The van der Waals surface area contributed by atoms with Gasteiger partial charge >= 0.3 is 0 Å². The van der Waals surface area contributed by atoms with Gasteiger partial charge in [-0.1, -0.05) is 36.5 Å². The van der Waals surface area contributed by atoms with E-state index < -0.39 is 10.0 Å². The number of morpholine rings is 1. The molecule has 1 saturated heterocycles. The summed E-state index contributed by atoms with van der Waals surface area (Å²) in [6, 6.07) is 11.9. The number of hydrogen-bond donors (Lipinski definition) is 1. The van der Waals surface area contributed by atoms with E-state index in [1.807, 2.05) is 4.57 Å². The largest absolute Gasteiger partial charge is 0.379 e. The Bertz CT molecular complexity index is 982. The number of rotatable bonds is 4. The fourth-order valence-corrected chi connectivity index (χ4v) is 5.35. The molecule has 0 radical (unpaired) electrons. The maximum atomic E-state index is 12.9. The maximum absolute atomic E-state index is 12.9. The lowest BCUT2D eigenvalue weighted by atomic mass is 10.0. The van der Waals surface area contributed by atoms with Crippen LogP contribution in [0.5, 0.6) is 0 Å². The van der Waals surface area contributed by atoms with E-state index in [-0.39, 0.29) is 0 Å². The van der Waals surface area contributed by atoms with E-state index in [2.05, 4.69) is 24.3 Å². The summed E-state index contributed by atoms with van der Waals surface area (Å²) in [6.07, 6.45) is 2.73. The molecule has 0 bridgehead atoms. The highest BCUT2D eigenvalue weighted by Gasteiger charge is 2.27. The molecule has 1 fully saturated rings. The van der Waals surface area contributed by atoms with Crippen LogP contribution in [-0.2, 0) is 34.4 Å². The van der Waals surface area contributed by atoms with Crippen LogP contribution in [0.25, 0.3) is 0 Å². The Hall–Kier alpha value is -1.58. The number of nitrogens with zero attached hydrogens (tertiary/aromatic N) is 2. The van der Waals surface area contributed by atoms with Gasteiger partial charge < -0.3 is 9.64 Å². The first-order chi connectivity index (χ1) is 13.0. The summed E-state index contributed by atoms with van der Waals surface area (Å²) in [5, 5.41) is 0. The van der Waals surface area contributed by atoms with Crippen molar-refractivity contribution >= 4 is 22.2 Å². The molecule has 3 heterocycles. The number of nitrogens with one attached hydrogen (secondary N) is 1. The van der Waals surface area contributed by atoms with Crippen LogP contribution < -0.4 is 4.90 Å². The van der Waals surface area contributed by atoms with Crippen molar-refractivity contribution in [3.8, 4) is 0 Å². The predicted octanol–water partition coefficient (Wildman–Crippen LogP) is 0.837. The average Bonchev–Trinajstić information content (AvgIpc) is 2.70. The highest BCUT2D eigenvalue weighted by atomic mass is 32.2. The number of fused-ring (bicyclic) bond motifs is 1. The van der Waals surface area contributed by atoms with Gasteiger partial charge in [-0.2, -0.15) is 4.31 Å². The minimum absolute atomic E-state index is 0.301. The zero-order valence-electron chi connectivity index (χ0n) is 15.1. The van der Waals surface area contributed by atoms with E-state index in [0.29, 0.717) is 42.5 Å². The number of quaternary nitrogens is 1. The smallest absolute Gasteiger partial charge is 0.244 e. The molecule has 2 aliphatic rings. The van der Waals surface area contributed by atoms with E-state index in [1.54, 1.807) is 18.3 Å². The van der Waals surface area contributed by atoms with Gasteiger partial charge in [0.15, 0.2) is 6.67 Å². The van der Waals surface area contributed by atoms with E-state index in [1.165, 1.54) is 20.3 Å². The van der Waals surface area contributed by atoms with Crippen LogP contribution in [0.15, 0.2) is 47.5 Å². The Balaban J connectivity index is 1.56. The molecule has 2 aliphatic heterocycles. The van der Waals surface area contributed by atoms with Crippen LogP contribution in [0, 0.1) is 4.64 Å². The van der Waals surface area contributed by atoms with Crippen LogP contribution in [0.2, 0.25) is 0 Å². The topological polar surface area (TPSA) is 56.0 Å². The number of benzene rings is 1. The molecule has 1 N–H and O–H groups in total. The molecule has 6 nitrogen and oxygen atoms in total. The second kappa shape index (κ2) is 7.81. The van der Waals surface area contributed by atoms with Gasteiger partial charge in [0.1, 0.15) is 11.2 Å². The first-order valence-electron chi connectivity index (χ1n) is 9.23. The Kier molecular flexibility index (Phi) is 5.43. The van der Waals surface area contributed by atoms with Gasteiger partial charge in [0.2, 0.25) is 10.0 Å². The molecular formula is C19H24N3O3S2+. The average molecular weight is 407 g/mol. The summed E-state index contributed by atoms with van der Waals surface area (Å²) in [4.78, 5) is 1.68. The number of hydrogen-bond acceptors (Lipinski definition) is 4. The van der Waals surface area contributed by atoms with E-state index in [4.69, 9.17) is 17.0 Å². The SMILES string of the molecule is O=S(=O)(c1ccc(=S)n(C[NH+]2CCc3ccccc3C2)c1)N1CCOCC1. The quantitative estimate of drug-likeness (QED) is 0.765. The lowest BCUT2D eigenvalue weighted by molar-refractivity contribution is -0.938. The number of sulfonamides is 1. The van der Waals surface area contributed by atoms with Crippen LogP contribution in [-0.4, -0.2) is 50.1 Å². The minimum atomic E-state index is -3.51. The van der Waals surface area contributed by atoms with Gasteiger partial charge in [-0.15, -0.1) is 0 Å². The van der Waals surface area contributed by atoms with Crippen molar-refractivity contribution in [3.63, 3.8) is 0 Å². The molecule has 2 aromatic rings. The van der Waals surface area contributed by atoms with Crippen molar-refractivity contribution in [3.05, 3.63) is 58.4 Å². The monoisotopic (exact) mass is 406 g/mol. The van der Waals surface area contributed by atoms with Gasteiger partial charge in [-0.05, 0) is 17.7 Å². The van der Waals surface area contributed by atoms with Crippen LogP contribution >= 0.6 is 12.2 Å². The third-order valence-electron chi connectivity index (χ3n) is 5.26. The Morgan fingerprint density at radius 2 is 1.81 bits per heavy atom. The van der Waals surface area contributed by atoms with Crippen LogP contribution in [0.1, 0.15) is 11.1 Å². The van der Waals surface area contributed by atoms with Crippen molar-refractivity contribution < 1.29 is 18.1 Å². The summed E-state index contributed by atoms with van der Waals surface area (Å²) in [5.74, 6) is 0. The molecule has 8 heteroatoms. The third-order valence-corrected chi connectivity index (χ3v) is 7.52. The first-order valence-corrected chi connectivity index (χ1v) is 11.1. The Labute approximate surface area is 165 Å². The van der Waals surface area contributed by atoms with Crippen molar-refractivity contribution in [2.45, 2.75) is 24.5 Å². The van der Waals surface area contributed by atoms with Gasteiger partial charge in [0.25, 0.3) is 0 Å². The van der Waals surface area contributed by atoms with Crippen molar-refractivity contribution in [2.24, 2.45) is 0 Å². The summed E-state index contributed by atoms with van der Waals surface area (Å²) >= 11 is 5.46. The molecule has 144 valence electrons. The summed E-state index contributed by atoms with van der Waals surface area (Å²) < 4.78 is 35.2. The molecule has 1 atom stereocenters. The van der Waals surface area contributed by atoms with Crippen LogP contribution in [0.4, 0.5) is 0 Å². The highest BCUT2D eigenvalue weighted by molar-refractivity contribution is 7.89. The lowest BCUT2D eigenvalue weighted by Crippen LogP contribution is -3.11. The van der Waals surface area contributed by atoms with Crippen molar-refractivity contribution in [2.75, 3.05) is 32.8 Å². The molecule has 27 heavy (non-hydrogen) atoms. The van der Waals surface area contributed by atoms with Crippen molar-refractivity contribution in [1.82, 2.24) is 8.87 Å². The van der Waals surface area contributed by atoms with Crippen molar-refractivity contribution in [1.29, 1.82) is 0 Å². The normalized spacial score (nSPS) is 21.0. The highest BCUT2D eigenvalue weighted by Crippen LogP contribution is 2.17. The Morgan fingerprint density at radius 1 is 1.07 bits per heavy atom. The molecule has 1 unspecified atom stereocenters. The summed E-state index contributed by atoms with van der Waals surface area (Å²) in [6.45, 7) is 4.28. The fraction of sp³-hybridized carbons (Fsp3) is 0.421. The number of aromatic nitrogens is 1. The molecule has 4 rings (SSSR count). The second-order valence-electron chi connectivity index (χ2n) is 7.04. The molecule has 1 aromatic heterocycles. The second-order valence-corrected chi connectivity index (χ2v) is 9.40.